The van der Waals surface area contributed by atoms with Gasteiger partial charge in [-0.25, -0.2) is 14.4 Å². The van der Waals surface area contributed by atoms with Crippen LogP contribution in [0.1, 0.15) is 5.56 Å². The fourth-order valence-electron chi connectivity index (χ4n) is 4.42. The smallest absolute Gasteiger partial charge is 0.156 e. The molecule has 1 aromatic carbocycles. The molecular formula is C23H24FN7O. The number of rotatable bonds is 5. The monoisotopic (exact) mass is 433 g/mol. The fraction of sp³-hybridized carbons (Fsp3) is 0.348. The highest BCUT2D eigenvalue weighted by Gasteiger charge is 2.21. The normalized spacial score (nSPS) is 14.8. The van der Waals surface area contributed by atoms with Gasteiger partial charge in [0, 0.05) is 51.2 Å². The number of nitriles is 1. The van der Waals surface area contributed by atoms with Crippen molar-refractivity contribution in [3.8, 4) is 17.3 Å². The summed E-state index contributed by atoms with van der Waals surface area (Å²) in [5.41, 5.74) is 4.32. The zero-order chi connectivity index (χ0) is 22.2. The Labute approximate surface area is 184 Å². The van der Waals surface area contributed by atoms with E-state index in [1.807, 2.05) is 24.7 Å². The lowest BCUT2D eigenvalue weighted by Crippen LogP contribution is -2.38. The lowest BCUT2D eigenvalue weighted by atomic mass is 10.1. The van der Waals surface area contributed by atoms with Crippen molar-refractivity contribution in [1.29, 1.82) is 5.26 Å². The third-order valence-electron chi connectivity index (χ3n) is 6.01. The van der Waals surface area contributed by atoms with E-state index in [0.29, 0.717) is 23.5 Å². The minimum atomic E-state index is -0.432. The van der Waals surface area contributed by atoms with Crippen molar-refractivity contribution in [2.45, 2.75) is 6.54 Å². The number of nitrogens with one attached hydrogen (secondary N) is 1. The maximum Gasteiger partial charge on any atom is 0.156 e. The highest BCUT2D eigenvalue weighted by Crippen LogP contribution is 2.35. The van der Waals surface area contributed by atoms with Gasteiger partial charge in [0.2, 0.25) is 0 Å². The minimum absolute atomic E-state index is 0.291. The van der Waals surface area contributed by atoms with E-state index < -0.39 is 5.82 Å². The van der Waals surface area contributed by atoms with Gasteiger partial charge in [-0.2, -0.15) is 5.26 Å². The van der Waals surface area contributed by atoms with Crippen molar-refractivity contribution in [3.05, 3.63) is 42.0 Å². The molecular weight excluding hydrogens is 409 g/mol. The van der Waals surface area contributed by atoms with Gasteiger partial charge in [0.25, 0.3) is 0 Å². The number of fused-ring (bicyclic) bond motifs is 3. The molecule has 0 amide bonds. The number of halogens is 1. The predicted octanol–water partition coefficient (Wildman–Crippen LogP) is 2.97. The van der Waals surface area contributed by atoms with Crippen molar-refractivity contribution in [2.75, 3.05) is 45.2 Å². The molecule has 0 unspecified atom stereocenters. The first-order valence-electron chi connectivity index (χ1n) is 10.6. The molecule has 0 aliphatic carbocycles. The number of aromatic nitrogens is 4. The number of imidazole rings is 1. The quantitative estimate of drug-likeness (QED) is 0.521. The number of anilines is 1. The Hall–Kier alpha value is -3.48. The molecule has 5 rings (SSSR count). The van der Waals surface area contributed by atoms with E-state index in [1.54, 1.807) is 12.4 Å². The Balaban J connectivity index is 1.72. The summed E-state index contributed by atoms with van der Waals surface area (Å²) in [5.74, 6) is 0.265. The van der Waals surface area contributed by atoms with Crippen LogP contribution in [-0.2, 0) is 18.3 Å². The van der Waals surface area contributed by atoms with Crippen molar-refractivity contribution in [2.24, 2.45) is 7.05 Å². The summed E-state index contributed by atoms with van der Waals surface area (Å²) in [6.45, 7) is 4.72. The molecule has 4 heterocycles. The van der Waals surface area contributed by atoms with Gasteiger partial charge in [-0.15, -0.1) is 0 Å². The fourth-order valence-corrected chi connectivity index (χ4v) is 4.42. The van der Waals surface area contributed by atoms with Crippen molar-refractivity contribution >= 4 is 27.9 Å². The first-order chi connectivity index (χ1) is 15.6. The van der Waals surface area contributed by atoms with E-state index >= 15 is 0 Å². The number of nitrogens with zero attached hydrogens (tertiary/aromatic N) is 6. The summed E-state index contributed by atoms with van der Waals surface area (Å²) in [4.78, 5) is 11.8. The number of pyridine rings is 1. The van der Waals surface area contributed by atoms with E-state index in [9.17, 15) is 9.65 Å². The van der Waals surface area contributed by atoms with Gasteiger partial charge in [-0.3, -0.25) is 4.90 Å². The molecule has 1 saturated heterocycles. The van der Waals surface area contributed by atoms with Crippen LogP contribution in [0.3, 0.4) is 0 Å². The van der Waals surface area contributed by atoms with Crippen molar-refractivity contribution in [3.63, 3.8) is 0 Å². The third-order valence-corrected chi connectivity index (χ3v) is 6.01. The molecule has 4 aromatic rings. The van der Waals surface area contributed by atoms with Crippen molar-refractivity contribution < 1.29 is 9.13 Å². The number of ether oxygens (including phenoxy) is 1. The Kier molecular flexibility index (Phi) is 5.25. The van der Waals surface area contributed by atoms with Crippen LogP contribution in [0, 0.1) is 17.1 Å². The Morgan fingerprint density at radius 1 is 1.19 bits per heavy atom. The van der Waals surface area contributed by atoms with Gasteiger partial charge in [-0.1, -0.05) is 0 Å². The number of hydrogen-bond acceptors (Lipinski definition) is 6. The standard InChI is InChI=1S/C23H24FN7O/c1-26-22-20-21(29(2)14-27-20)18-12-19(16-9-15(13-25)10-17(24)11-16)31(23(18)28-22)4-3-30-5-7-32-8-6-30/h9-12,14H,3-8H2,1-2H3,(H,26,28). The molecule has 0 spiro atoms. The second-order valence-electron chi connectivity index (χ2n) is 7.98. The largest absolute Gasteiger partial charge is 0.379 e. The number of morpholine rings is 1. The van der Waals surface area contributed by atoms with Gasteiger partial charge in [-0.05, 0) is 24.3 Å². The van der Waals surface area contributed by atoms with Crippen LogP contribution in [0.15, 0.2) is 30.6 Å². The van der Waals surface area contributed by atoms with Gasteiger partial charge < -0.3 is 19.2 Å². The van der Waals surface area contributed by atoms with E-state index in [0.717, 1.165) is 60.6 Å². The molecule has 9 heteroatoms. The van der Waals surface area contributed by atoms with Gasteiger partial charge in [0.1, 0.15) is 17.0 Å². The average molecular weight is 433 g/mol. The average Bonchev–Trinajstić information content (AvgIpc) is 3.37. The van der Waals surface area contributed by atoms with E-state index in [4.69, 9.17) is 9.72 Å². The zero-order valence-corrected chi connectivity index (χ0v) is 18.1. The summed E-state index contributed by atoms with van der Waals surface area (Å²) in [5, 5.41) is 13.5. The van der Waals surface area contributed by atoms with Gasteiger partial charge >= 0.3 is 0 Å². The maximum absolute atomic E-state index is 14.3. The van der Waals surface area contributed by atoms with Gasteiger partial charge in [0.05, 0.1) is 42.4 Å². The highest BCUT2D eigenvalue weighted by atomic mass is 19.1. The van der Waals surface area contributed by atoms with Crippen LogP contribution in [0.2, 0.25) is 0 Å². The van der Waals surface area contributed by atoms with Crippen LogP contribution < -0.4 is 5.32 Å². The van der Waals surface area contributed by atoms with E-state index in [2.05, 4.69) is 25.8 Å². The Morgan fingerprint density at radius 2 is 2.00 bits per heavy atom. The molecule has 0 saturated carbocycles. The highest BCUT2D eigenvalue weighted by molar-refractivity contribution is 6.07. The molecule has 164 valence electrons. The maximum atomic E-state index is 14.3. The Bertz CT molecular complexity index is 1340. The van der Waals surface area contributed by atoms with Gasteiger partial charge in [0.15, 0.2) is 5.82 Å². The third kappa shape index (κ3) is 3.47. The van der Waals surface area contributed by atoms with Crippen LogP contribution in [0.4, 0.5) is 10.2 Å². The van der Waals surface area contributed by atoms with Crippen LogP contribution in [-0.4, -0.2) is 63.9 Å². The second kappa shape index (κ2) is 8.22. The van der Waals surface area contributed by atoms with Crippen LogP contribution >= 0.6 is 0 Å². The first-order valence-corrected chi connectivity index (χ1v) is 10.6. The minimum Gasteiger partial charge on any atom is -0.379 e. The lowest BCUT2D eigenvalue weighted by Gasteiger charge is -2.27. The summed E-state index contributed by atoms with van der Waals surface area (Å²) < 4.78 is 23.9. The molecule has 0 radical (unpaired) electrons. The molecule has 1 aliphatic rings. The number of aryl methyl sites for hydroxylation is 1. The summed E-state index contributed by atoms with van der Waals surface area (Å²) >= 11 is 0. The first kappa shape index (κ1) is 20.4. The number of hydrogen-bond donors (Lipinski definition) is 1. The molecule has 1 fully saturated rings. The topological polar surface area (TPSA) is 83.9 Å². The van der Waals surface area contributed by atoms with E-state index in [1.165, 1.54) is 12.1 Å². The molecule has 0 bridgehead atoms. The zero-order valence-electron chi connectivity index (χ0n) is 18.1. The summed E-state index contributed by atoms with van der Waals surface area (Å²) in [6.07, 6.45) is 1.77. The molecule has 1 N–H and O–H groups in total. The molecule has 3 aromatic heterocycles. The second-order valence-corrected chi connectivity index (χ2v) is 7.98. The van der Waals surface area contributed by atoms with Crippen molar-refractivity contribution in [1.82, 2.24) is 24.0 Å². The SMILES string of the molecule is CNc1nc2c(cc(-c3cc(F)cc(C#N)c3)n2CCN2CCOCC2)c2c1ncn2C. The molecule has 32 heavy (non-hydrogen) atoms. The molecule has 1 aliphatic heterocycles. The molecule has 0 atom stereocenters. The Morgan fingerprint density at radius 3 is 2.75 bits per heavy atom. The lowest BCUT2D eigenvalue weighted by molar-refractivity contribution is 0.0366. The van der Waals surface area contributed by atoms with Crippen LogP contribution in [0.5, 0.6) is 0 Å². The summed E-state index contributed by atoms with van der Waals surface area (Å²) in [6, 6.07) is 8.53. The van der Waals surface area contributed by atoms with Crippen LogP contribution in [0.25, 0.3) is 33.3 Å². The van der Waals surface area contributed by atoms with E-state index in [-0.39, 0.29) is 0 Å². The summed E-state index contributed by atoms with van der Waals surface area (Å²) in [7, 11) is 3.78. The predicted molar refractivity (Wildman–Crippen MR) is 121 cm³/mol. The number of benzene rings is 1. The molecule has 8 nitrogen and oxygen atoms in total.